The van der Waals surface area contributed by atoms with E-state index in [9.17, 15) is 4.21 Å². The Balaban J connectivity index is 2.24. The van der Waals surface area contributed by atoms with Crippen LogP contribution in [0.2, 0.25) is 0 Å². The van der Waals surface area contributed by atoms with Crippen LogP contribution >= 0.6 is 15.9 Å². The summed E-state index contributed by atoms with van der Waals surface area (Å²) in [6, 6.07) is 6.03. The summed E-state index contributed by atoms with van der Waals surface area (Å²) in [6.07, 6.45) is 4.60. The highest BCUT2D eigenvalue weighted by Crippen LogP contribution is 2.43. The lowest BCUT2D eigenvalue weighted by molar-refractivity contribution is 0.238. The Bertz CT molecular complexity index is 474. The number of halogens is 1. The van der Waals surface area contributed by atoms with E-state index in [0.29, 0.717) is 11.8 Å². The van der Waals surface area contributed by atoms with Gasteiger partial charge in [0.15, 0.2) is 0 Å². The molecule has 1 unspecified atom stereocenters. The first-order chi connectivity index (χ1) is 8.90. The summed E-state index contributed by atoms with van der Waals surface area (Å²) in [4.78, 5) is 4.60. The van der Waals surface area contributed by atoms with Gasteiger partial charge in [-0.05, 0) is 67.1 Å². The third-order valence-electron chi connectivity index (χ3n) is 4.09. The third kappa shape index (κ3) is 3.64. The van der Waals surface area contributed by atoms with Crippen molar-refractivity contribution in [3.8, 4) is 0 Å². The molecule has 0 amide bonds. The van der Waals surface area contributed by atoms with Gasteiger partial charge in [-0.3, -0.25) is 5.14 Å². The minimum Gasteiger partial charge on any atom is -0.251 e. The first kappa shape index (κ1) is 15.1. The van der Waals surface area contributed by atoms with Crippen LogP contribution in [-0.4, -0.2) is 13.9 Å². The standard InChI is InChI=1S/C14H21BrN2OS/c1-14(2,19(16)18)9-11(10-5-3-6-10)12-7-4-8-13(15)17-12/h4,7-8,10-11H,3,5-6,9,16H2,1-2H3/t11-,19?/m0/s1. The molecule has 1 heterocycles. The summed E-state index contributed by atoms with van der Waals surface area (Å²) in [5, 5.41) is 5.63. The van der Waals surface area contributed by atoms with Crippen LogP contribution < -0.4 is 5.14 Å². The van der Waals surface area contributed by atoms with Crippen LogP contribution in [0.15, 0.2) is 22.8 Å². The number of hydrogen-bond donors (Lipinski definition) is 1. The van der Waals surface area contributed by atoms with Gasteiger partial charge in [0.2, 0.25) is 0 Å². The average molecular weight is 345 g/mol. The predicted octanol–water partition coefficient (Wildman–Crippen LogP) is 3.52. The van der Waals surface area contributed by atoms with Gasteiger partial charge in [0.25, 0.3) is 0 Å². The molecule has 1 aromatic heterocycles. The Morgan fingerprint density at radius 2 is 2.21 bits per heavy atom. The Morgan fingerprint density at radius 1 is 1.53 bits per heavy atom. The highest BCUT2D eigenvalue weighted by Gasteiger charge is 2.36. The van der Waals surface area contributed by atoms with Gasteiger partial charge in [0.05, 0.1) is 15.7 Å². The lowest BCUT2D eigenvalue weighted by Crippen LogP contribution is -2.36. The highest BCUT2D eigenvalue weighted by atomic mass is 79.9. The molecule has 106 valence electrons. The lowest BCUT2D eigenvalue weighted by atomic mass is 9.71. The molecule has 3 nitrogen and oxygen atoms in total. The van der Waals surface area contributed by atoms with E-state index in [0.717, 1.165) is 16.7 Å². The van der Waals surface area contributed by atoms with Gasteiger partial charge in [-0.1, -0.05) is 12.5 Å². The number of rotatable bonds is 5. The van der Waals surface area contributed by atoms with E-state index in [1.165, 1.54) is 19.3 Å². The maximum absolute atomic E-state index is 11.7. The zero-order valence-electron chi connectivity index (χ0n) is 11.4. The van der Waals surface area contributed by atoms with Crippen LogP contribution in [0.1, 0.15) is 51.1 Å². The Morgan fingerprint density at radius 3 is 2.68 bits per heavy atom. The van der Waals surface area contributed by atoms with E-state index in [1.807, 2.05) is 26.0 Å². The van der Waals surface area contributed by atoms with Gasteiger partial charge < -0.3 is 0 Å². The maximum atomic E-state index is 11.7. The first-order valence-electron chi connectivity index (χ1n) is 6.69. The maximum Gasteiger partial charge on any atom is 0.106 e. The average Bonchev–Trinajstić information content (AvgIpc) is 2.25. The predicted molar refractivity (Wildman–Crippen MR) is 83.0 cm³/mol. The second-order valence-electron chi connectivity index (χ2n) is 5.94. The molecule has 1 fully saturated rings. The van der Waals surface area contributed by atoms with Crippen molar-refractivity contribution < 1.29 is 4.21 Å². The van der Waals surface area contributed by atoms with Gasteiger partial charge in [-0.2, -0.15) is 0 Å². The number of aromatic nitrogens is 1. The topological polar surface area (TPSA) is 56.0 Å². The Kier molecular flexibility index (Phi) is 4.79. The fraction of sp³-hybridized carbons (Fsp3) is 0.643. The second kappa shape index (κ2) is 6.02. The van der Waals surface area contributed by atoms with Crippen molar-refractivity contribution in [3.63, 3.8) is 0 Å². The van der Waals surface area contributed by atoms with Gasteiger partial charge in [-0.25, -0.2) is 9.19 Å². The Hall–Kier alpha value is -0.260. The molecule has 19 heavy (non-hydrogen) atoms. The van der Waals surface area contributed by atoms with Crippen molar-refractivity contribution in [1.82, 2.24) is 4.98 Å². The van der Waals surface area contributed by atoms with Crippen LogP contribution in [0.5, 0.6) is 0 Å². The van der Waals surface area contributed by atoms with Crippen molar-refractivity contribution in [2.75, 3.05) is 0 Å². The smallest absolute Gasteiger partial charge is 0.106 e. The van der Waals surface area contributed by atoms with Crippen molar-refractivity contribution in [2.45, 2.75) is 50.2 Å². The molecule has 0 aromatic carbocycles. The third-order valence-corrected chi connectivity index (χ3v) is 5.79. The van der Waals surface area contributed by atoms with E-state index in [4.69, 9.17) is 5.14 Å². The van der Waals surface area contributed by atoms with Crippen molar-refractivity contribution in [3.05, 3.63) is 28.5 Å². The van der Waals surface area contributed by atoms with Gasteiger partial charge in [0, 0.05) is 11.6 Å². The molecule has 1 aromatic rings. The van der Waals surface area contributed by atoms with E-state index in [2.05, 4.69) is 27.0 Å². The number of hydrogen-bond acceptors (Lipinski definition) is 2. The van der Waals surface area contributed by atoms with Crippen molar-refractivity contribution in [2.24, 2.45) is 11.1 Å². The zero-order chi connectivity index (χ0) is 14.0. The molecule has 1 saturated carbocycles. The molecule has 2 atom stereocenters. The molecule has 1 aliphatic rings. The van der Waals surface area contributed by atoms with Crippen LogP contribution in [0.25, 0.3) is 0 Å². The highest BCUT2D eigenvalue weighted by molar-refractivity contribution is 9.10. The number of pyridine rings is 1. The molecule has 1 aliphatic carbocycles. The van der Waals surface area contributed by atoms with Crippen molar-refractivity contribution >= 4 is 26.9 Å². The summed E-state index contributed by atoms with van der Waals surface area (Å²) in [5.41, 5.74) is 1.10. The van der Waals surface area contributed by atoms with E-state index < -0.39 is 11.0 Å². The molecule has 0 radical (unpaired) electrons. The Labute approximate surface area is 126 Å². The quantitative estimate of drug-likeness (QED) is 0.830. The lowest BCUT2D eigenvalue weighted by Gasteiger charge is -2.37. The number of nitrogens with zero attached hydrogens (tertiary/aromatic N) is 1. The van der Waals surface area contributed by atoms with Crippen LogP contribution in [0.3, 0.4) is 0 Å². The van der Waals surface area contributed by atoms with E-state index in [1.54, 1.807) is 0 Å². The molecular formula is C14H21BrN2OS. The molecule has 0 aliphatic heterocycles. The molecule has 0 saturated heterocycles. The monoisotopic (exact) mass is 344 g/mol. The first-order valence-corrected chi connectivity index (χ1v) is 8.69. The van der Waals surface area contributed by atoms with Gasteiger partial charge >= 0.3 is 0 Å². The molecular weight excluding hydrogens is 324 g/mol. The minimum atomic E-state index is -1.31. The minimum absolute atomic E-state index is 0.355. The summed E-state index contributed by atoms with van der Waals surface area (Å²) < 4.78 is 12.2. The summed E-state index contributed by atoms with van der Waals surface area (Å²) >= 11 is 3.43. The van der Waals surface area contributed by atoms with Crippen LogP contribution in [0, 0.1) is 5.92 Å². The summed E-state index contributed by atoms with van der Waals surface area (Å²) in [5.74, 6) is 1.01. The summed E-state index contributed by atoms with van der Waals surface area (Å²) in [7, 11) is -1.31. The molecule has 2 rings (SSSR count). The fourth-order valence-corrected chi connectivity index (χ4v) is 3.30. The van der Waals surface area contributed by atoms with Crippen molar-refractivity contribution in [1.29, 1.82) is 0 Å². The molecule has 0 spiro atoms. The zero-order valence-corrected chi connectivity index (χ0v) is 13.8. The molecule has 0 bridgehead atoms. The molecule has 2 N–H and O–H groups in total. The number of nitrogens with two attached hydrogens (primary N) is 1. The van der Waals surface area contributed by atoms with E-state index >= 15 is 0 Å². The van der Waals surface area contributed by atoms with Gasteiger partial charge in [-0.15, -0.1) is 0 Å². The van der Waals surface area contributed by atoms with Crippen LogP contribution in [0.4, 0.5) is 0 Å². The van der Waals surface area contributed by atoms with Crippen LogP contribution in [-0.2, 0) is 11.0 Å². The largest absolute Gasteiger partial charge is 0.251 e. The normalized spacial score (nSPS) is 19.8. The summed E-state index contributed by atoms with van der Waals surface area (Å²) in [6.45, 7) is 3.96. The second-order valence-corrected chi connectivity index (χ2v) is 8.46. The van der Waals surface area contributed by atoms with E-state index in [-0.39, 0.29) is 4.75 Å². The fourth-order valence-electron chi connectivity index (χ4n) is 2.60. The molecule has 5 heteroatoms. The SMILES string of the molecule is CC(C)(C[C@H](c1cccc(Br)n1)C1CCC1)S(N)=O. The van der Waals surface area contributed by atoms with Gasteiger partial charge in [0.1, 0.15) is 4.60 Å².